The van der Waals surface area contributed by atoms with Crippen molar-refractivity contribution in [1.82, 2.24) is 9.80 Å². The largest absolute Gasteiger partial charge is 0.341 e. The molecule has 0 spiro atoms. The zero-order valence-electron chi connectivity index (χ0n) is 13.6. The van der Waals surface area contributed by atoms with Gasteiger partial charge in [0.15, 0.2) is 0 Å². The summed E-state index contributed by atoms with van der Waals surface area (Å²) in [4.78, 5) is 16.6. The van der Waals surface area contributed by atoms with Gasteiger partial charge in [-0.05, 0) is 63.9 Å². The molecule has 2 fully saturated rings. The van der Waals surface area contributed by atoms with E-state index in [1.54, 1.807) is 0 Å². The van der Waals surface area contributed by atoms with Crippen molar-refractivity contribution < 1.29 is 6.17 Å². The molecule has 0 aromatic heterocycles. The van der Waals surface area contributed by atoms with E-state index < -0.39 is 6.04 Å². The molecule has 2 heterocycles. The Bertz CT molecular complexity index is 329. The minimum atomic E-state index is -0.430. The SMILES string of the molecule is [2H]CSC[C@H](N)C(=O)N1CCC(C2CCN(C)CC2)CC1. The van der Waals surface area contributed by atoms with Gasteiger partial charge in [-0.25, -0.2) is 0 Å². The summed E-state index contributed by atoms with van der Waals surface area (Å²) in [7, 11) is 2.20. The Balaban J connectivity index is 1.73. The van der Waals surface area contributed by atoms with Gasteiger partial charge in [-0.15, -0.1) is 0 Å². The summed E-state index contributed by atoms with van der Waals surface area (Å²) in [6.07, 6.45) is 5.18. The van der Waals surface area contributed by atoms with E-state index in [4.69, 9.17) is 7.10 Å². The fourth-order valence-electron chi connectivity index (χ4n) is 3.52. The second kappa shape index (κ2) is 7.66. The molecular weight excluding hydrogens is 270 g/mol. The van der Waals surface area contributed by atoms with Crippen LogP contribution in [0.25, 0.3) is 0 Å². The summed E-state index contributed by atoms with van der Waals surface area (Å²) in [6.45, 7) is 4.18. The number of likely N-dealkylation sites (tertiary alicyclic amines) is 2. The fourth-order valence-corrected chi connectivity index (χ4v) is 3.92. The highest BCUT2D eigenvalue weighted by atomic mass is 32.2. The van der Waals surface area contributed by atoms with Crippen LogP contribution in [0.2, 0.25) is 0 Å². The number of carbonyl (C=O) groups is 1. The predicted octanol–water partition coefficient (Wildman–Crippen LogP) is 1.26. The maximum absolute atomic E-state index is 12.2. The number of rotatable bonds is 4. The Kier molecular flexibility index (Phi) is 5.62. The monoisotopic (exact) mass is 300 g/mol. The van der Waals surface area contributed by atoms with Crippen molar-refractivity contribution >= 4 is 17.7 Å². The summed E-state index contributed by atoms with van der Waals surface area (Å²) in [5.41, 5.74) is 5.93. The van der Waals surface area contributed by atoms with Gasteiger partial charge in [0, 0.05) is 20.2 Å². The van der Waals surface area contributed by atoms with Crippen LogP contribution in [0.15, 0.2) is 0 Å². The molecule has 20 heavy (non-hydrogen) atoms. The van der Waals surface area contributed by atoms with Crippen molar-refractivity contribution in [3.63, 3.8) is 0 Å². The van der Waals surface area contributed by atoms with Crippen LogP contribution in [0.1, 0.15) is 27.1 Å². The average Bonchev–Trinajstić information content (AvgIpc) is 2.53. The highest BCUT2D eigenvalue weighted by Crippen LogP contribution is 2.32. The van der Waals surface area contributed by atoms with Gasteiger partial charge in [0.2, 0.25) is 5.91 Å². The molecule has 2 aliphatic rings. The van der Waals surface area contributed by atoms with Crippen molar-refractivity contribution in [3.8, 4) is 0 Å². The molecule has 0 unspecified atom stereocenters. The summed E-state index contributed by atoms with van der Waals surface area (Å²) in [5, 5.41) is 0. The molecule has 0 aromatic carbocycles. The molecule has 4 nitrogen and oxygen atoms in total. The molecule has 0 aliphatic carbocycles. The third-order valence-corrected chi connectivity index (χ3v) is 5.49. The average molecular weight is 300 g/mol. The van der Waals surface area contributed by atoms with E-state index in [0.29, 0.717) is 5.75 Å². The molecular formula is C15H29N3OS. The number of carbonyl (C=O) groups excluding carboxylic acids is 1. The minimum absolute atomic E-state index is 0.0813. The lowest BCUT2D eigenvalue weighted by Crippen LogP contribution is -2.49. The molecule has 1 amide bonds. The van der Waals surface area contributed by atoms with E-state index in [-0.39, 0.29) is 12.1 Å². The molecule has 2 saturated heterocycles. The summed E-state index contributed by atoms with van der Waals surface area (Å²) < 4.78 is 7.11. The molecule has 2 N–H and O–H groups in total. The van der Waals surface area contributed by atoms with E-state index in [1.807, 2.05) is 4.90 Å². The van der Waals surface area contributed by atoms with Crippen LogP contribution in [0.4, 0.5) is 0 Å². The number of hydrogen-bond acceptors (Lipinski definition) is 4. The van der Waals surface area contributed by atoms with Crippen molar-refractivity contribution in [1.29, 1.82) is 0 Å². The van der Waals surface area contributed by atoms with Gasteiger partial charge in [0.1, 0.15) is 0 Å². The van der Waals surface area contributed by atoms with Crippen molar-refractivity contribution in [2.75, 3.05) is 45.2 Å². The Morgan fingerprint density at radius 2 is 1.80 bits per heavy atom. The zero-order valence-corrected chi connectivity index (χ0v) is 13.4. The lowest BCUT2D eigenvalue weighted by molar-refractivity contribution is -0.133. The first-order valence-corrected chi connectivity index (χ1v) is 8.87. The Labute approximate surface area is 128 Å². The molecule has 1 atom stereocenters. The lowest BCUT2D eigenvalue weighted by Gasteiger charge is -2.40. The quantitative estimate of drug-likeness (QED) is 0.849. The van der Waals surface area contributed by atoms with Crippen LogP contribution in [0.3, 0.4) is 0 Å². The van der Waals surface area contributed by atoms with Crippen LogP contribution in [0.5, 0.6) is 0 Å². The smallest absolute Gasteiger partial charge is 0.240 e. The van der Waals surface area contributed by atoms with Crippen molar-refractivity contribution in [2.45, 2.75) is 31.7 Å². The van der Waals surface area contributed by atoms with Crippen LogP contribution in [0, 0.1) is 11.8 Å². The standard InChI is InChI=1S/C15H29N3OS/c1-17-7-3-12(4-8-17)13-5-9-18(10-6-13)15(19)14(16)11-20-2/h12-14H,3-11,16H2,1-2H3/t14-/m0/s1/i2D. The molecule has 2 aliphatic heterocycles. The van der Waals surface area contributed by atoms with E-state index in [0.717, 1.165) is 37.8 Å². The fraction of sp³-hybridized carbons (Fsp3) is 0.933. The number of thioether (sulfide) groups is 1. The zero-order chi connectivity index (χ0) is 15.2. The Morgan fingerprint density at radius 1 is 1.25 bits per heavy atom. The highest BCUT2D eigenvalue weighted by molar-refractivity contribution is 7.98. The van der Waals surface area contributed by atoms with Gasteiger partial charge in [0.25, 0.3) is 0 Å². The molecule has 5 heteroatoms. The van der Waals surface area contributed by atoms with Gasteiger partial charge in [-0.2, -0.15) is 11.8 Å². The first-order valence-electron chi connectivity index (χ1n) is 8.42. The van der Waals surface area contributed by atoms with Gasteiger partial charge >= 0.3 is 0 Å². The van der Waals surface area contributed by atoms with E-state index >= 15 is 0 Å². The van der Waals surface area contributed by atoms with Crippen LogP contribution >= 0.6 is 11.8 Å². The van der Waals surface area contributed by atoms with E-state index in [2.05, 4.69) is 11.9 Å². The van der Waals surface area contributed by atoms with Gasteiger partial charge in [0.05, 0.1) is 6.04 Å². The molecule has 116 valence electrons. The first-order chi connectivity index (χ1) is 10.1. The number of amides is 1. The Morgan fingerprint density at radius 3 is 2.35 bits per heavy atom. The van der Waals surface area contributed by atoms with Crippen molar-refractivity contribution in [3.05, 3.63) is 0 Å². The third kappa shape index (κ3) is 4.12. The molecule has 0 radical (unpaired) electrons. The molecule has 0 aromatic rings. The van der Waals surface area contributed by atoms with E-state index in [9.17, 15) is 4.79 Å². The molecule has 0 saturated carbocycles. The van der Waals surface area contributed by atoms with Gasteiger partial charge < -0.3 is 15.5 Å². The summed E-state index contributed by atoms with van der Waals surface area (Å²) in [5.74, 6) is 2.29. The number of nitrogens with two attached hydrogens (primary N) is 1. The lowest BCUT2D eigenvalue weighted by atomic mass is 9.79. The molecule has 2 rings (SSSR count). The second-order valence-electron chi connectivity index (χ2n) is 6.28. The third-order valence-electron chi connectivity index (χ3n) is 4.90. The number of hydrogen-bond donors (Lipinski definition) is 1. The maximum Gasteiger partial charge on any atom is 0.240 e. The van der Waals surface area contributed by atoms with Crippen molar-refractivity contribution in [2.24, 2.45) is 17.6 Å². The highest BCUT2D eigenvalue weighted by Gasteiger charge is 2.31. The van der Waals surface area contributed by atoms with Crippen LogP contribution in [-0.2, 0) is 4.79 Å². The predicted molar refractivity (Wildman–Crippen MR) is 85.9 cm³/mol. The van der Waals surface area contributed by atoms with Gasteiger partial charge in [-0.3, -0.25) is 4.79 Å². The minimum Gasteiger partial charge on any atom is -0.341 e. The summed E-state index contributed by atoms with van der Waals surface area (Å²) >= 11 is 1.42. The maximum atomic E-state index is 12.2. The Hall–Kier alpha value is -0.260. The second-order valence-corrected chi connectivity index (χ2v) is 7.02. The van der Waals surface area contributed by atoms with Crippen LogP contribution < -0.4 is 5.73 Å². The van der Waals surface area contributed by atoms with Gasteiger partial charge in [-0.1, -0.05) is 0 Å². The summed E-state index contributed by atoms with van der Waals surface area (Å²) in [6, 6.07) is -0.430. The number of nitrogens with zero attached hydrogens (tertiary/aromatic N) is 2. The first kappa shape index (κ1) is 14.7. The molecule has 0 bridgehead atoms. The van der Waals surface area contributed by atoms with E-state index in [1.165, 1.54) is 37.7 Å². The normalized spacial score (nSPS) is 25.5. The number of piperidine rings is 2. The van der Waals surface area contributed by atoms with Crippen LogP contribution in [-0.4, -0.2) is 67.0 Å². The topological polar surface area (TPSA) is 49.6 Å².